The molecule has 0 aliphatic carbocycles. The number of anilines is 1. The summed E-state index contributed by atoms with van der Waals surface area (Å²) in [5, 5.41) is 2.97. The lowest BCUT2D eigenvalue weighted by molar-refractivity contribution is 0.222. The van der Waals surface area contributed by atoms with Gasteiger partial charge >= 0.3 is 6.03 Å². The Kier molecular flexibility index (Phi) is 8.14. The highest BCUT2D eigenvalue weighted by molar-refractivity contribution is 14.0. The van der Waals surface area contributed by atoms with Crippen molar-refractivity contribution in [1.29, 1.82) is 0 Å². The van der Waals surface area contributed by atoms with Crippen LogP contribution in [-0.2, 0) is 6.54 Å². The molecule has 0 saturated carbocycles. The first-order chi connectivity index (χ1) is 11.7. The first kappa shape index (κ1) is 20.2. The summed E-state index contributed by atoms with van der Waals surface area (Å²) in [6.45, 7) is 4.15. The second-order valence-electron chi connectivity index (χ2n) is 6.10. The number of hydrogen-bond acceptors (Lipinski definition) is 3. The molecule has 0 bridgehead atoms. The highest BCUT2D eigenvalue weighted by Crippen LogP contribution is 2.15. The number of aliphatic imine (C=N–C) groups is 1. The standard InChI is InChI=1S/C17H25N5OS.HI/c18-16(21-8-10-24-11-9-21)19-13-14-4-3-5-15(12-14)20-17(23)22-6-1-2-7-22;/h3-5,12H,1-2,6-11,13H2,(H2,18,19)(H,20,23);1H. The molecule has 0 unspecified atom stereocenters. The first-order valence-corrected chi connectivity index (χ1v) is 9.65. The van der Waals surface area contributed by atoms with Gasteiger partial charge in [-0.1, -0.05) is 12.1 Å². The average Bonchev–Trinajstić information content (AvgIpc) is 3.15. The number of likely N-dealkylation sites (tertiary alicyclic amines) is 1. The minimum Gasteiger partial charge on any atom is -0.370 e. The molecule has 6 nitrogen and oxygen atoms in total. The molecular formula is C17H26IN5OS. The lowest BCUT2D eigenvalue weighted by Gasteiger charge is -2.27. The van der Waals surface area contributed by atoms with E-state index in [1.165, 1.54) is 0 Å². The highest BCUT2D eigenvalue weighted by atomic mass is 127. The van der Waals surface area contributed by atoms with E-state index in [0.717, 1.165) is 61.8 Å². The maximum absolute atomic E-state index is 12.2. The third kappa shape index (κ3) is 5.95. The van der Waals surface area contributed by atoms with Crippen molar-refractivity contribution in [3.05, 3.63) is 29.8 Å². The summed E-state index contributed by atoms with van der Waals surface area (Å²) in [6, 6.07) is 7.81. The number of amides is 2. The van der Waals surface area contributed by atoms with Crippen LogP contribution < -0.4 is 11.1 Å². The van der Waals surface area contributed by atoms with Crippen LogP contribution >= 0.6 is 35.7 Å². The molecule has 2 aliphatic rings. The van der Waals surface area contributed by atoms with Crippen molar-refractivity contribution in [2.45, 2.75) is 19.4 Å². The number of nitrogens with two attached hydrogens (primary N) is 1. The monoisotopic (exact) mass is 475 g/mol. The molecule has 1 aromatic carbocycles. The van der Waals surface area contributed by atoms with Gasteiger partial charge in [0.2, 0.25) is 0 Å². The zero-order chi connectivity index (χ0) is 16.8. The van der Waals surface area contributed by atoms with Crippen LogP contribution in [0.4, 0.5) is 10.5 Å². The third-order valence-corrected chi connectivity index (χ3v) is 5.27. The summed E-state index contributed by atoms with van der Waals surface area (Å²) in [6.07, 6.45) is 2.19. The summed E-state index contributed by atoms with van der Waals surface area (Å²) in [5.74, 6) is 2.82. The van der Waals surface area contributed by atoms with Crippen LogP contribution in [0.25, 0.3) is 0 Å². The van der Waals surface area contributed by atoms with Gasteiger partial charge in [0.15, 0.2) is 5.96 Å². The minimum atomic E-state index is -0.0153. The number of nitrogens with zero attached hydrogens (tertiary/aromatic N) is 3. The molecule has 2 saturated heterocycles. The van der Waals surface area contributed by atoms with E-state index in [9.17, 15) is 4.79 Å². The predicted octanol–water partition coefficient (Wildman–Crippen LogP) is 2.80. The molecule has 0 atom stereocenters. The molecule has 2 amide bonds. The number of thioether (sulfide) groups is 1. The minimum absolute atomic E-state index is 0. The first-order valence-electron chi connectivity index (χ1n) is 8.50. The van der Waals surface area contributed by atoms with Gasteiger partial charge in [-0.25, -0.2) is 9.79 Å². The Balaban J connectivity index is 0.00000225. The van der Waals surface area contributed by atoms with E-state index >= 15 is 0 Å². The van der Waals surface area contributed by atoms with Crippen LogP contribution in [0.5, 0.6) is 0 Å². The summed E-state index contributed by atoms with van der Waals surface area (Å²) in [4.78, 5) is 20.7. The molecule has 1 aromatic rings. The Hall–Kier alpha value is -1.16. The number of nitrogens with one attached hydrogen (secondary N) is 1. The van der Waals surface area contributed by atoms with Gasteiger partial charge in [0.1, 0.15) is 0 Å². The van der Waals surface area contributed by atoms with Crippen molar-refractivity contribution in [2.24, 2.45) is 10.7 Å². The quantitative estimate of drug-likeness (QED) is 0.401. The van der Waals surface area contributed by atoms with Gasteiger partial charge < -0.3 is 20.9 Å². The number of carbonyl (C=O) groups is 1. The van der Waals surface area contributed by atoms with Crippen molar-refractivity contribution >= 4 is 53.4 Å². The molecule has 0 radical (unpaired) electrons. The van der Waals surface area contributed by atoms with Crippen molar-refractivity contribution in [2.75, 3.05) is 43.0 Å². The fraction of sp³-hybridized carbons (Fsp3) is 0.529. The number of benzene rings is 1. The number of urea groups is 1. The van der Waals surface area contributed by atoms with E-state index in [-0.39, 0.29) is 30.0 Å². The second-order valence-corrected chi connectivity index (χ2v) is 7.32. The van der Waals surface area contributed by atoms with E-state index in [4.69, 9.17) is 5.73 Å². The average molecular weight is 475 g/mol. The van der Waals surface area contributed by atoms with Crippen molar-refractivity contribution < 1.29 is 4.79 Å². The Morgan fingerprint density at radius 1 is 1.16 bits per heavy atom. The lowest BCUT2D eigenvalue weighted by Crippen LogP contribution is -2.42. The molecule has 3 rings (SSSR count). The Morgan fingerprint density at radius 3 is 2.60 bits per heavy atom. The van der Waals surface area contributed by atoms with Gasteiger partial charge in [0.05, 0.1) is 6.54 Å². The molecule has 8 heteroatoms. The van der Waals surface area contributed by atoms with Crippen molar-refractivity contribution in [1.82, 2.24) is 9.80 Å². The Bertz CT molecular complexity index is 600. The van der Waals surface area contributed by atoms with Gasteiger partial charge in [0, 0.05) is 43.4 Å². The molecule has 3 N–H and O–H groups in total. The normalized spacial score (nSPS) is 18.0. The SMILES string of the molecule is I.NC(=NCc1cccc(NC(=O)N2CCCC2)c1)N1CCSCC1. The lowest BCUT2D eigenvalue weighted by atomic mass is 10.2. The van der Waals surface area contributed by atoms with Crippen LogP contribution in [0.1, 0.15) is 18.4 Å². The molecule has 0 aromatic heterocycles. The molecule has 0 spiro atoms. The van der Waals surface area contributed by atoms with E-state index in [2.05, 4.69) is 15.2 Å². The van der Waals surface area contributed by atoms with Gasteiger partial charge in [-0.05, 0) is 30.5 Å². The van der Waals surface area contributed by atoms with Crippen LogP contribution in [0.3, 0.4) is 0 Å². The largest absolute Gasteiger partial charge is 0.370 e. The topological polar surface area (TPSA) is 74.0 Å². The highest BCUT2D eigenvalue weighted by Gasteiger charge is 2.17. The molecule has 2 heterocycles. The Morgan fingerprint density at radius 2 is 1.88 bits per heavy atom. The summed E-state index contributed by atoms with van der Waals surface area (Å²) in [5.41, 5.74) is 7.95. The van der Waals surface area contributed by atoms with E-state index in [1.807, 2.05) is 40.9 Å². The number of guanidine groups is 1. The molecular weight excluding hydrogens is 449 g/mol. The zero-order valence-electron chi connectivity index (χ0n) is 14.3. The van der Waals surface area contributed by atoms with Gasteiger partial charge in [-0.2, -0.15) is 11.8 Å². The van der Waals surface area contributed by atoms with E-state index in [1.54, 1.807) is 0 Å². The fourth-order valence-electron chi connectivity index (χ4n) is 2.93. The van der Waals surface area contributed by atoms with Crippen LogP contribution in [0.15, 0.2) is 29.3 Å². The van der Waals surface area contributed by atoms with Gasteiger partial charge in [0.25, 0.3) is 0 Å². The van der Waals surface area contributed by atoms with Crippen molar-refractivity contribution in [3.8, 4) is 0 Å². The maximum Gasteiger partial charge on any atom is 0.321 e. The third-order valence-electron chi connectivity index (χ3n) is 4.33. The van der Waals surface area contributed by atoms with Crippen LogP contribution in [0, 0.1) is 0 Å². The number of carbonyl (C=O) groups excluding carboxylic acids is 1. The molecule has 2 aliphatic heterocycles. The van der Waals surface area contributed by atoms with Crippen molar-refractivity contribution in [3.63, 3.8) is 0 Å². The predicted molar refractivity (Wildman–Crippen MR) is 116 cm³/mol. The van der Waals surface area contributed by atoms with E-state index in [0.29, 0.717) is 12.5 Å². The summed E-state index contributed by atoms with van der Waals surface area (Å²) >= 11 is 1.95. The molecule has 25 heavy (non-hydrogen) atoms. The van der Waals surface area contributed by atoms with Gasteiger partial charge in [-0.15, -0.1) is 24.0 Å². The Labute approximate surface area is 170 Å². The zero-order valence-corrected chi connectivity index (χ0v) is 17.5. The number of rotatable bonds is 3. The second kappa shape index (κ2) is 10.1. The number of halogens is 1. The fourth-order valence-corrected chi connectivity index (χ4v) is 3.84. The maximum atomic E-state index is 12.2. The molecule has 138 valence electrons. The number of hydrogen-bond donors (Lipinski definition) is 2. The van der Waals surface area contributed by atoms with E-state index < -0.39 is 0 Å². The van der Waals surface area contributed by atoms with Crippen LogP contribution in [-0.4, -0.2) is 59.5 Å². The molecule has 2 fully saturated rings. The summed E-state index contributed by atoms with van der Waals surface area (Å²) < 4.78 is 0. The van der Waals surface area contributed by atoms with Crippen LogP contribution in [0.2, 0.25) is 0 Å². The smallest absolute Gasteiger partial charge is 0.321 e. The van der Waals surface area contributed by atoms with Gasteiger partial charge in [-0.3, -0.25) is 0 Å². The summed E-state index contributed by atoms with van der Waals surface area (Å²) in [7, 11) is 0.